The molecule has 1 atom stereocenters. The Balaban J connectivity index is 1.82. The molecule has 0 radical (unpaired) electrons. The Labute approximate surface area is 107 Å². The quantitative estimate of drug-likeness (QED) is 0.816. The highest BCUT2D eigenvalue weighted by Crippen LogP contribution is 2.20. The molecule has 0 amide bonds. The minimum Gasteiger partial charge on any atom is -0.399 e. The number of nitrogens with zero attached hydrogens (tertiary/aromatic N) is 2. The third-order valence-corrected chi connectivity index (χ3v) is 3.54. The van der Waals surface area contributed by atoms with Crippen molar-refractivity contribution >= 4 is 16.6 Å². The number of likely N-dealkylation sites (N-methyl/N-ethyl adjacent to an activating group) is 1. The minimum atomic E-state index is 0.275. The highest BCUT2D eigenvalue weighted by Gasteiger charge is 2.18. The lowest BCUT2D eigenvalue weighted by molar-refractivity contribution is -0.0269. The van der Waals surface area contributed by atoms with Crippen molar-refractivity contribution in [2.75, 3.05) is 32.5 Å². The van der Waals surface area contributed by atoms with Crippen molar-refractivity contribution in [1.82, 2.24) is 9.47 Å². The van der Waals surface area contributed by atoms with Gasteiger partial charge in [-0.25, -0.2) is 0 Å². The van der Waals surface area contributed by atoms with E-state index in [-0.39, 0.29) is 6.10 Å². The first-order valence-electron chi connectivity index (χ1n) is 6.37. The molecular formula is C14H19N3O. The summed E-state index contributed by atoms with van der Waals surface area (Å²) >= 11 is 0. The second kappa shape index (κ2) is 4.63. The molecule has 96 valence electrons. The third-order valence-electron chi connectivity index (χ3n) is 3.54. The van der Waals surface area contributed by atoms with Crippen LogP contribution < -0.4 is 5.73 Å². The van der Waals surface area contributed by atoms with E-state index in [0.717, 1.165) is 31.9 Å². The number of aromatic nitrogens is 1. The zero-order valence-corrected chi connectivity index (χ0v) is 10.7. The largest absolute Gasteiger partial charge is 0.399 e. The van der Waals surface area contributed by atoms with Gasteiger partial charge >= 0.3 is 0 Å². The van der Waals surface area contributed by atoms with Gasteiger partial charge in [-0.2, -0.15) is 0 Å². The molecule has 1 fully saturated rings. The van der Waals surface area contributed by atoms with Crippen LogP contribution in [0.4, 0.5) is 5.69 Å². The van der Waals surface area contributed by atoms with Gasteiger partial charge < -0.3 is 19.9 Å². The van der Waals surface area contributed by atoms with Crippen molar-refractivity contribution < 1.29 is 4.74 Å². The number of morpholine rings is 1. The first-order valence-corrected chi connectivity index (χ1v) is 6.37. The normalized spacial score (nSPS) is 21.5. The highest BCUT2D eigenvalue weighted by molar-refractivity contribution is 5.83. The average Bonchev–Trinajstić information content (AvgIpc) is 2.72. The van der Waals surface area contributed by atoms with E-state index in [4.69, 9.17) is 10.5 Å². The summed E-state index contributed by atoms with van der Waals surface area (Å²) in [5.41, 5.74) is 7.83. The van der Waals surface area contributed by atoms with Crippen LogP contribution >= 0.6 is 0 Å². The topological polar surface area (TPSA) is 43.4 Å². The fraction of sp³-hybridized carbons (Fsp3) is 0.429. The highest BCUT2D eigenvalue weighted by atomic mass is 16.5. The fourth-order valence-electron chi connectivity index (χ4n) is 2.57. The first-order chi connectivity index (χ1) is 8.72. The Kier molecular flexibility index (Phi) is 2.97. The number of nitrogens with two attached hydrogens (primary N) is 1. The maximum Gasteiger partial charge on any atom is 0.0881 e. The molecule has 3 rings (SSSR count). The van der Waals surface area contributed by atoms with Gasteiger partial charge in [0.15, 0.2) is 0 Å². The van der Waals surface area contributed by atoms with Crippen LogP contribution in [0.3, 0.4) is 0 Å². The SMILES string of the molecule is CN1CCOC(Cn2ccc3cc(N)ccc32)C1. The van der Waals surface area contributed by atoms with Crippen LogP contribution in [-0.2, 0) is 11.3 Å². The van der Waals surface area contributed by atoms with Gasteiger partial charge in [0.1, 0.15) is 0 Å². The molecule has 0 bridgehead atoms. The fourth-order valence-corrected chi connectivity index (χ4v) is 2.57. The predicted molar refractivity (Wildman–Crippen MR) is 73.6 cm³/mol. The summed E-state index contributed by atoms with van der Waals surface area (Å²) in [4.78, 5) is 2.32. The van der Waals surface area contributed by atoms with Gasteiger partial charge in [0.25, 0.3) is 0 Å². The number of hydrogen-bond acceptors (Lipinski definition) is 3. The van der Waals surface area contributed by atoms with Crippen LogP contribution in [0, 0.1) is 0 Å². The summed E-state index contributed by atoms with van der Waals surface area (Å²) in [7, 11) is 2.14. The zero-order chi connectivity index (χ0) is 12.5. The molecule has 1 unspecified atom stereocenters. The number of rotatable bonds is 2. The smallest absolute Gasteiger partial charge is 0.0881 e. The standard InChI is InChI=1S/C14H19N3O/c1-16-6-7-18-13(9-16)10-17-5-4-11-8-12(15)2-3-14(11)17/h2-5,8,13H,6-7,9-10,15H2,1H3. The molecule has 2 N–H and O–H groups in total. The van der Waals surface area contributed by atoms with Crippen molar-refractivity contribution in [1.29, 1.82) is 0 Å². The monoisotopic (exact) mass is 245 g/mol. The summed E-state index contributed by atoms with van der Waals surface area (Å²) in [6.45, 7) is 3.75. The molecule has 1 aliphatic rings. The Morgan fingerprint density at radius 1 is 1.39 bits per heavy atom. The number of nitrogen functional groups attached to an aromatic ring is 1. The number of hydrogen-bond donors (Lipinski definition) is 1. The van der Waals surface area contributed by atoms with Gasteiger partial charge in [-0.05, 0) is 31.3 Å². The number of fused-ring (bicyclic) bond motifs is 1. The molecule has 2 aromatic rings. The Bertz CT molecular complexity index is 549. The Hall–Kier alpha value is -1.52. The third kappa shape index (κ3) is 2.21. The van der Waals surface area contributed by atoms with Crippen molar-refractivity contribution in [2.45, 2.75) is 12.6 Å². The molecule has 18 heavy (non-hydrogen) atoms. The van der Waals surface area contributed by atoms with Gasteiger partial charge in [-0.1, -0.05) is 0 Å². The van der Waals surface area contributed by atoms with Gasteiger partial charge in [0.2, 0.25) is 0 Å². The van der Waals surface area contributed by atoms with Crippen molar-refractivity contribution in [3.8, 4) is 0 Å². The molecule has 0 spiro atoms. The molecule has 4 heteroatoms. The molecule has 0 aliphatic carbocycles. The molecule has 1 saturated heterocycles. The van der Waals surface area contributed by atoms with E-state index < -0.39 is 0 Å². The van der Waals surface area contributed by atoms with Gasteiger partial charge in [-0.3, -0.25) is 0 Å². The van der Waals surface area contributed by atoms with E-state index in [1.54, 1.807) is 0 Å². The summed E-state index contributed by atoms with van der Waals surface area (Å²) in [5.74, 6) is 0. The summed E-state index contributed by atoms with van der Waals surface area (Å²) in [5, 5.41) is 1.19. The van der Waals surface area contributed by atoms with E-state index in [0.29, 0.717) is 0 Å². The van der Waals surface area contributed by atoms with Gasteiger partial charge in [0, 0.05) is 35.9 Å². The number of anilines is 1. The molecule has 4 nitrogen and oxygen atoms in total. The summed E-state index contributed by atoms with van der Waals surface area (Å²) in [6, 6.07) is 8.15. The average molecular weight is 245 g/mol. The van der Waals surface area contributed by atoms with Crippen LogP contribution in [0.5, 0.6) is 0 Å². The van der Waals surface area contributed by atoms with Crippen molar-refractivity contribution in [2.24, 2.45) is 0 Å². The Morgan fingerprint density at radius 3 is 3.11 bits per heavy atom. The predicted octanol–water partition coefficient (Wildman–Crippen LogP) is 1.55. The van der Waals surface area contributed by atoms with E-state index in [1.807, 2.05) is 12.1 Å². The van der Waals surface area contributed by atoms with E-state index in [2.05, 4.69) is 34.8 Å². The second-order valence-electron chi connectivity index (χ2n) is 5.04. The lowest BCUT2D eigenvalue weighted by Crippen LogP contribution is -2.41. The van der Waals surface area contributed by atoms with Crippen molar-refractivity contribution in [3.05, 3.63) is 30.5 Å². The maximum absolute atomic E-state index is 5.81. The van der Waals surface area contributed by atoms with E-state index >= 15 is 0 Å². The maximum atomic E-state index is 5.81. The van der Waals surface area contributed by atoms with Crippen LogP contribution in [0.2, 0.25) is 0 Å². The number of ether oxygens (including phenoxy) is 1. The van der Waals surface area contributed by atoms with Crippen LogP contribution in [0.15, 0.2) is 30.5 Å². The lowest BCUT2D eigenvalue weighted by atomic mass is 10.2. The summed E-state index contributed by atoms with van der Waals surface area (Å²) < 4.78 is 8.06. The Morgan fingerprint density at radius 2 is 2.28 bits per heavy atom. The van der Waals surface area contributed by atoms with Crippen LogP contribution in [-0.4, -0.2) is 42.3 Å². The van der Waals surface area contributed by atoms with Gasteiger partial charge in [-0.15, -0.1) is 0 Å². The van der Waals surface area contributed by atoms with E-state index in [9.17, 15) is 0 Å². The molecule has 1 aromatic carbocycles. The second-order valence-corrected chi connectivity index (χ2v) is 5.04. The zero-order valence-electron chi connectivity index (χ0n) is 10.7. The first kappa shape index (κ1) is 11.6. The number of benzene rings is 1. The molecular weight excluding hydrogens is 226 g/mol. The van der Waals surface area contributed by atoms with Crippen LogP contribution in [0.25, 0.3) is 10.9 Å². The molecule has 2 heterocycles. The minimum absolute atomic E-state index is 0.275. The van der Waals surface area contributed by atoms with E-state index in [1.165, 1.54) is 10.9 Å². The molecule has 1 aromatic heterocycles. The molecule has 0 saturated carbocycles. The summed E-state index contributed by atoms with van der Waals surface area (Å²) in [6.07, 6.45) is 2.39. The van der Waals surface area contributed by atoms with Crippen molar-refractivity contribution in [3.63, 3.8) is 0 Å². The van der Waals surface area contributed by atoms with Crippen LogP contribution in [0.1, 0.15) is 0 Å². The molecule has 1 aliphatic heterocycles. The van der Waals surface area contributed by atoms with Gasteiger partial charge in [0.05, 0.1) is 19.3 Å². The lowest BCUT2D eigenvalue weighted by Gasteiger charge is -2.30.